The van der Waals surface area contributed by atoms with Crippen LogP contribution in [0.4, 0.5) is 0 Å². The van der Waals surface area contributed by atoms with Crippen LogP contribution in [0.3, 0.4) is 0 Å². The molecule has 0 unspecified atom stereocenters. The van der Waals surface area contributed by atoms with Crippen LogP contribution < -0.4 is 0 Å². The molecule has 3 heteroatoms. The summed E-state index contributed by atoms with van der Waals surface area (Å²) >= 11 is 0. The van der Waals surface area contributed by atoms with Crippen LogP contribution >= 0.6 is 0 Å². The normalized spacial score (nSPS) is 19.2. The molecular formula is C14H16O3. The van der Waals surface area contributed by atoms with Crippen LogP contribution in [0.15, 0.2) is 42.2 Å². The monoisotopic (exact) mass is 232 g/mol. The second-order valence-corrected chi connectivity index (χ2v) is 4.41. The standard InChI is InChI=1S/C14H16O3/c1-10(2)13-8-12(9-16-13)17-14(15)11-6-4-3-5-7-11/h3-8,10,13H,9H2,1-2H3/t13-/m1/s1. The summed E-state index contributed by atoms with van der Waals surface area (Å²) in [6.45, 7) is 4.52. The average molecular weight is 232 g/mol. The molecule has 1 heterocycles. The summed E-state index contributed by atoms with van der Waals surface area (Å²) in [5.74, 6) is 0.672. The van der Waals surface area contributed by atoms with Crippen LogP contribution in [0.25, 0.3) is 0 Å². The molecule has 3 nitrogen and oxygen atoms in total. The summed E-state index contributed by atoms with van der Waals surface area (Å²) in [5, 5.41) is 0. The quantitative estimate of drug-likeness (QED) is 0.752. The SMILES string of the molecule is CC(C)[C@H]1C=C(OC(=O)c2ccccc2)CO1. The van der Waals surface area contributed by atoms with Crippen molar-refractivity contribution in [2.24, 2.45) is 5.92 Å². The van der Waals surface area contributed by atoms with Gasteiger partial charge >= 0.3 is 5.97 Å². The lowest BCUT2D eigenvalue weighted by atomic mass is 10.1. The maximum absolute atomic E-state index is 11.8. The zero-order chi connectivity index (χ0) is 12.3. The molecule has 17 heavy (non-hydrogen) atoms. The highest BCUT2D eigenvalue weighted by molar-refractivity contribution is 5.90. The van der Waals surface area contributed by atoms with E-state index in [-0.39, 0.29) is 12.1 Å². The summed E-state index contributed by atoms with van der Waals surface area (Å²) in [6.07, 6.45) is 1.93. The number of hydrogen-bond donors (Lipinski definition) is 0. The Kier molecular flexibility index (Phi) is 3.59. The van der Waals surface area contributed by atoms with E-state index in [9.17, 15) is 4.79 Å². The van der Waals surface area contributed by atoms with E-state index < -0.39 is 0 Å². The molecule has 0 bridgehead atoms. The van der Waals surface area contributed by atoms with E-state index in [1.807, 2.05) is 24.3 Å². The van der Waals surface area contributed by atoms with Gasteiger partial charge < -0.3 is 9.47 Å². The van der Waals surface area contributed by atoms with Gasteiger partial charge in [0, 0.05) is 0 Å². The van der Waals surface area contributed by atoms with Crippen molar-refractivity contribution in [3.63, 3.8) is 0 Å². The van der Waals surface area contributed by atoms with E-state index in [0.29, 0.717) is 23.8 Å². The summed E-state index contributed by atoms with van der Waals surface area (Å²) in [6, 6.07) is 8.96. The molecule has 0 aliphatic carbocycles. The van der Waals surface area contributed by atoms with Crippen molar-refractivity contribution in [1.29, 1.82) is 0 Å². The van der Waals surface area contributed by atoms with Gasteiger partial charge in [0.2, 0.25) is 0 Å². The molecule has 1 aliphatic rings. The van der Waals surface area contributed by atoms with Crippen LogP contribution in [-0.2, 0) is 9.47 Å². The molecule has 0 amide bonds. The molecular weight excluding hydrogens is 216 g/mol. The van der Waals surface area contributed by atoms with Gasteiger partial charge in [0.1, 0.15) is 12.4 Å². The van der Waals surface area contributed by atoms with Gasteiger partial charge in [0.15, 0.2) is 0 Å². The van der Waals surface area contributed by atoms with E-state index in [4.69, 9.17) is 9.47 Å². The molecule has 1 aromatic rings. The lowest BCUT2D eigenvalue weighted by molar-refractivity contribution is 0.0511. The van der Waals surface area contributed by atoms with Crippen LogP contribution in [0.5, 0.6) is 0 Å². The highest BCUT2D eigenvalue weighted by Gasteiger charge is 2.22. The third-order valence-corrected chi connectivity index (χ3v) is 2.66. The molecule has 1 atom stereocenters. The molecule has 0 fully saturated rings. The summed E-state index contributed by atoms with van der Waals surface area (Å²) in [4.78, 5) is 11.8. The van der Waals surface area contributed by atoms with Crippen molar-refractivity contribution in [3.05, 3.63) is 47.7 Å². The van der Waals surface area contributed by atoms with Crippen molar-refractivity contribution in [1.82, 2.24) is 0 Å². The number of carbonyl (C=O) groups excluding carboxylic acids is 1. The van der Waals surface area contributed by atoms with Crippen LogP contribution in [0.2, 0.25) is 0 Å². The number of esters is 1. The van der Waals surface area contributed by atoms with Gasteiger partial charge in [-0.1, -0.05) is 32.0 Å². The van der Waals surface area contributed by atoms with Crippen molar-refractivity contribution in [2.75, 3.05) is 6.61 Å². The first-order chi connectivity index (χ1) is 8.16. The first kappa shape index (κ1) is 11.9. The zero-order valence-electron chi connectivity index (χ0n) is 10.1. The predicted octanol–water partition coefficient (Wildman–Crippen LogP) is 2.78. The number of carbonyl (C=O) groups is 1. The van der Waals surface area contributed by atoms with E-state index >= 15 is 0 Å². The largest absolute Gasteiger partial charge is 0.425 e. The van der Waals surface area contributed by atoms with E-state index in [0.717, 1.165) is 0 Å². The zero-order valence-corrected chi connectivity index (χ0v) is 10.1. The highest BCUT2D eigenvalue weighted by atomic mass is 16.6. The van der Waals surface area contributed by atoms with Gasteiger partial charge in [-0.15, -0.1) is 0 Å². The molecule has 0 radical (unpaired) electrons. The fraction of sp³-hybridized carbons (Fsp3) is 0.357. The molecule has 1 aliphatic heterocycles. The fourth-order valence-corrected chi connectivity index (χ4v) is 1.66. The van der Waals surface area contributed by atoms with Crippen molar-refractivity contribution in [2.45, 2.75) is 20.0 Å². The van der Waals surface area contributed by atoms with Gasteiger partial charge in [-0.25, -0.2) is 4.79 Å². The van der Waals surface area contributed by atoms with Gasteiger partial charge in [0.25, 0.3) is 0 Å². The van der Waals surface area contributed by atoms with Crippen molar-refractivity contribution in [3.8, 4) is 0 Å². The second-order valence-electron chi connectivity index (χ2n) is 4.41. The highest BCUT2D eigenvalue weighted by Crippen LogP contribution is 2.20. The molecule has 0 saturated heterocycles. The van der Waals surface area contributed by atoms with E-state index in [1.165, 1.54) is 0 Å². The Hall–Kier alpha value is -1.61. The van der Waals surface area contributed by atoms with Crippen LogP contribution in [0.1, 0.15) is 24.2 Å². The second kappa shape index (κ2) is 5.15. The Morgan fingerprint density at radius 3 is 2.65 bits per heavy atom. The third kappa shape index (κ3) is 2.94. The Bertz CT molecular complexity index is 420. The average Bonchev–Trinajstić information content (AvgIpc) is 2.79. The third-order valence-electron chi connectivity index (χ3n) is 2.66. The van der Waals surface area contributed by atoms with Gasteiger partial charge in [-0.05, 0) is 24.1 Å². The minimum absolute atomic E-state index is 0.0496. The molecule has 0 spiro atoms. The van der Waals surface area contributed by atoms with Gasteiger partial charge in [0.05, 0.1) is 11.7 Å². The molecule has 0 N–H and O–H groups in total. The summed E-state index contributed by atoms with van der Waals surface area (Å²) in [7, 11) is 0. The van der Waals surface area contributed by atoms with Crippen LogP contribution in [-0.4, -0.2) is 18.7 Å². The maximum Gasteiger partial charge on any atom is 0.343 e. The molecule has 90 valence electrons. The number of hydrogen-bond acceptors (Lipinski definition) is 3. The van der Waals surface area contributed by atoms with Crippen molar-refractivity contribution >= 4 is 5.97 Å². The van der Waals surface area contributed by atoms with E-state index in [2.05, 4.69) is 13.8 Å². The lowest BCUT2D eigenvalue weighted by Crippen LogP contribution is -2.12. The molecule has 0 saturated carbocycles. The Morgan fingerprint density at radius 2 is 2.06 bits per heavy atom. The Labute approximate surface area is 101 Å². The Morgan fingerprint density at radius 1 is 1.35 bits per heavy atom. The smallest absolute Gasteiger partial charge is 0.343 e. The topological polar surface area (TPSA) is 35.5 Å². The number of ether oxygens (including phenoxy) is 2. The first-order valence-electron chi connectivity index (χ1n) is 5.76. The van der Waals surface area contributed by atoms with Crippen LogP contribution in [0, 0.1) is 5.92 Å². The fourth-order valence-electron chi connectivity index (χ4n) is 1.66. The number of rotatable bonds is 3. The first-order valence-corrected chi connectivity index (χ1v) is 5.76. The molecule has 1 aromatic carbocycles. The van der Waals surface area contributed by atoms with Gasteiger partial charge in [-0.2, -0.15) is 0 Å². The Balaban J connectivity index is 1.99. The van der Waals surface area contributed by atoms with Gasteiger partial charge in [-0.3, -0.25) is 0 Å². The lowest BCUT2D eigenvalue weighted by Gasteiger charge is -2.09. The molecule has 0 aromatic heterocycles. The number of benzene rings is 1. The molecule has 2 rings (SSSR count). The minimum Gasteiger partial charge on any atom is -0.425 e. The summed E-state index contributed by atoms with van der Waals surface area (Å²) < 4.78 is 10.8. The van der Waals surface area contributed by atoms with Crippen molar-refractivity contribution < 1.29 is 14.3 Å². The maximum atomic E-state index is 11.8. The predicted molar refractivity (Wildman–Crippen MR) is 64.5 cm³/mol. The minimum atomic E-state index is -0.329. The summed E-state index contributed by atoms with van der Waals surface area (Å²) in [5.41, 5.74) is 0.557. The van der Waals surface area contributed by atoms with E-state index in [1.54, 1.807) is 12.1 Å².